The molecule has 4 rings (SSSR count). The van der Waals surface area contributed by atoms with Crippen LogP contribution in [0.3, 0.4) is 0 Å². The van der Waals surface area contributed by atoms with Gasteiger partial charge in [0.2, 0.25) is 0 Å². The van der Waals surface area contributed by atoms with E-state index < -0.39 is 0 Å². The number of aromatic nitrogens is 2. The van der Waals surface area contributed by atoms with Gasteiger partial charge in [-0.1, -0.05) is 76.2 Å². The highest BCUT2D eigenvalue weighted by Gasteiger charge is 2.09. The molecule has 0 aliphatic rings. The van der Waals surface area contributed by atoms with E-state index in [4.69, 9.17) is 0 Å². The van der Waals surface area contributed by atoms with Crippen molar-refractivity contribution in [2.24, 2.45) is 0 Å². The van der Waals surface area contributed by atoms with Crippen molar-refractivity contribution in [2.75, 3.05) is 0 Å². The number of rotatable bonds is 9. The lowest BCUT2D eigenvalue weighted by atomic mass is 9.97. The highest BCUT2D eigenvalue weighted by atomic mass is 14.9. The molecule has 2 aromatic carbocycles. The van der Waals surface area contributed by atoms with E-state index in [1.165, 1.54) is 46.2 Å². The van der Waals surface area contributed by atoms with Gasteiger partial charge in [0.15, 0.2) is 37.9 Å². The molecule has 4 aromatic rings. The van der Waals surface area contributed by atoms with Crippen LogP contribution in [0.25, 0.3) is 11.1 Å². The SMILES string of the molecule is CCC(C)c1ccc(C[n+]2ccc(-c3cc[n+](Cc4ccc(C(C)CC)cc4)cc3)cc2)cc1. The predicted molar refractivity (Wildman–Crippen MR) is 141 cm³/mol. The standard InChI is InChI=1S/C32H38N2/c1-5-25(3)29-11-7-27(8-12-29)23-33-19-15-31(16-20-33)32-17-21-34(22-18-32)24-28-9-13-30(14-10-28)26(4)6-2/h7-22,25-26H,5-6,23-24H2,1-4H3/q+2. The summed E-state index contributed by atoms with van der Waals surface area (Å²) in [4.78, 5) is 0. The first-order valence-electron chi connectivity index (χ1n) is 12.7. The molecule has 0 radical (unpaired) electrons. The van der Waals surface area contributed by atoms with Crippen molar-refractivity contribution in [3.63, 3.8) is 0 Å². The Morgan fingerprint density at radius 3 is 1.12 bits per heavy atom. The normalized spacial score (nSPS) is 12.9. The number of hydrogen-bond acceptors (Lipinski definition) is 0. The van der Waals surface area contributed by atoms with Crippen molar-refractivity contribution in [3.05, 3.63) is 120 Å². The molecule has 174 valence electrons. The molecule has 0 aliphatic heterocycles. The summed E-state index contributed by atoms with van der Waals surface area (Å²) >= 11 is 0. The highest BCUT2D eigenvalue weighted by molar-refractivity contribution is 5.60. The van der Waals surface area contributed by atoms with Gasteiger partial charge in [-0.25, -0.2) is 9.13 Å². The maximum atomic E-state index is 2.29. The highest BCUT2D eigenvalue weighted by Crippen LogP contribution is 2.20. The Labute approximate surface area is 205 Å². The zero-order chi connectivity index (χ0) is 23.9. The molecule has 0 N–H and O–H groups in total. The summed E-state index contributed by atoms with van der Waals surface area (Å²) in [5.74, 6) is 1.25. The molecule has 0 saturated carbocycles. The molecule has 0 bridgehead atoms. The monoisotopic (exact) mass is 450 g/mol. The smallest absolute Gasteiger partial charge is 0.173 e. The third kappa shape index (κ3) is 5.99. The van der Waals surface area contributed by atoms with Gasteiger partial charge in [-0.05, 0) is 46.9 Å². The number of benzene rings is 2. The van der Waals surface area contributed by atoms with Crippen molar-refractivity contribution >= 4 is 0 Å². The number of nitrogens with zero attached hydrogens (tertiary/aromatic N) is 2. The molecule has 2 aromatic heterocycles. The predicted octanol–water partition coefficient (Wildman–Crippen LogP) is 7.05. The Bertz CT molecular complexity index is 1060. The average molecular weight is 451 g/mol. The lowest BCUT2D eigenvalue weighted by Gasteiger charge is -2.09. The van der Waals surface area contributed by atoms with E-state index in [1.54, 1.807) is 0 Å². The molecular formula is C32H38N2+2. The molecule has 2 nitrogen and oxygen atoms in total. The minimum Gasteiger partial charge on any atom is -0.201 e. The van der Waals surface area contributed by atoms with Gasteiger partial charge in [0, 0.05) is 35.4 Å². The second-order valence-electron chi connectivity index (χ2n) is 9.62. The maximum absolute atomic E-state index is 2.29. The third-order valence-corrected chi connectivity index (χ3v) is 7.17. The summed E-state index contributed by atoms with van der Waals surface area (Å²) in [6.45, 7) is 10.9. The Hall–Kier alpha value is -3.26. The van der Waals surface area contributed by atoms with Crippen molar-refractivity contribution < 1.29 is 9.13 Å². The van der Waals surface area contributed by atoms with Crippen LogP contribution >= 0.6 is 0 Å². The zero-order valence-corrected chi connectivity index (χ0v) is 21.1. The molecule has 2 unspecified atom stereocenters. The summed E-state index contributed by atoms with van der Waals surface area (Å²) in [7, 11) is 0. The van der Waals surface area contributed by atoms with Crippen LogP contribution in [-0.2, 0) is 13.1 Å². The Morgan fingerprint density at radius 2 is 0.824 bits per heavy atom. The van der Waals surface area contributed by atoms with Gasteiger partial charge in [-0.15, -0.1) is 0 Å². The van der Waals surface area contributed by atoms with Gasteiger partial charge < -0.3 is 0 Å². The summed E-state index contributed by atoms with van der Waals surface area (Å²) in [6, 6.07) is 27.0. The molecule has 2 heterocycles. The second-order valence-corrected chi connectivity index (χ2v) is 9.62. The largest absolute Gasteiger partial charge is 0.201 e. The maximum Gasteiger partial charge on any atom is 0.173 e. The summed E-state index contributed by atoms with van der Waals surface area (Å²) in [5, 5.41) is 0. The summed E-state index contributed by atoms with van der Waals surface area (Å²) in [6.07, 6.45) is 11.1. The van der Waals surface area contributed by atoms with Gasteiger partial charge >= 0.3 is 0 Å². The van der Waals surface area contributed by atoms with E-state index in [-0.39, 0.29) is 0 Å². The number of hydrogen-bond donors (Lipinski definition) is 0. The fourth-order valence-corrected chi connectivity index (χ4v) is 4.31. The Balaban J connectivity index is 1.37. The quantitative estimate of drug-likeness (QED) is 0.241. The second kappa shape index (κ2) is 11.2. The first-order chi connectivity index (χ1) is 16.6. The molecule has 2 heteroatoms. The Kier molecular flexibility index (Phi) is 7.90. The zero-order valence-electron chi connectivity index (χ0n) is 21.1. The van der Waals surface area contributed by atoms with Crippen LogP contribution in [0.4, 0.5) is 0 Å². The van der Waals surface area contributed by atoms with E-state index in [0.29, 0.717) is 11.8 Å². The van der Waals surface area contributed by atoms with Crippen molar-refractivity contribution in [1.82, 2.24) is 0 Å². The molecule has 0 amide bonds. The first kappa shape index (κ1) is 23.9. The van der Waals surface area contributed by atoms with Crippen LogP contribution in [0, 0.1) is 0 Å². The molecule has 34 heavy (non-hydrogen) atoms. The molecular weight excluding hydrogens is 412 g/mol. The summed E-state index contributed by atoms with van der Waals surface area (Å²) < 4.78 is 4.49. The third-order valence-electron chi connectivity index (χ3n) is 7.17. The van der Waals surface area contributed by atoms with Crippen molar-refractivity contribution in [1.29, 1.82) is 0 Å². The van der Waals surface area contributed by atoms with Gasteiger partial charge in [0.05, 0.1) is 0 Å². The fourth-order valence-electron chi connectivity index (χ4n) is 4.31. The Morgan fingerprint density at radius 1 is 0.500 bits per heavy atom. The van der Waals surface area contributed by atoms with Crippen LogP contribution in [0.5, 0.6) is 0 Å². The van der Waals surface area contributed by atoms with Crippen LogP contribution in [0.2, 0.25) is 0 Å². The first-order valence-corrected chi connectivity index (χ1v) is 12.7. The van der Waals surface area contributed by atoms with E-state index >= 15 is 0 Å². The molecule has 0 aliphatic carbocycles. The number of pyridine rings is 2. The fraction of sp³-hybridized carbons (Fsp3) is 0.312. The average Bonchev–Trinajstić information content (AvgIpc) is 2.89. The molecule has 0 saturated heterocycles. The lowest BCUT2D eigenvalue weighted by molar-refractivity contribution is -0.688. The minimum absolute atomic E-state index is 0.626. The van der Waals surface area contributed by atoms with E-state index in [9.17, 15) is 0 Å². The van der Waals surface area contributed by atoms with Crippen molar-refractivity contribution in [3.8, 4) is 11.1 Å². The van der Waals surface area contributed by atoms with E-state index in [2.05, 4.69) is 134 Å². The van der Waals surface area contributed by atoms with E-state index in [1.807, 2.05) is 0 Å². The van der Waals surface area contributed by atoms with Crippen LogP contribution < -0.4 is 9.13 Å². The lowest BCUT2D eigenvalue weighted by Crippen LogP contribution is -2.33. The van der Waals surface area contributed by atoms with Crippen LogP contribution in [0.15, 0.2) is 97.6 Å². The van der Waals surface area contributed by atoms with E-state index in [0.717, 1.165) is 13.1 Å². The van der Waals surface area contributed by atoms with Gasteiger partial charge in [0.25, 0.3) is 0 Å². The summed E-state index contributed by atoms with van der Waals surface area (Å²) in [5.41, 5.74) is 8.01. The van der Waals surface area contributed by atoms with Crippen LogP contribution in [0.1, 0.15) is 74.6 Å². The molecule has 0 fully saturated rings. The van der Waals surface area contributed by atoms with Crippen LogP contribution in [-0.4, -0.2) is 0 Å². The molecule has 0 spiro atoms. The minimum atomic E-state index is 0.626. The van der Waals surface area contributed by atoms with Crippen molar-refractivity contribution in [2.45, 2.75) is 65.5 Å². The van der Waals surface area contributed by atoms with Gasteiger partial charge in [-0.3, -0.25) is 0 Å². The van der Waals surface area contributed by atoms with Gasteiger partial charge in [0.1, 0.15) is 0 Å². The van der Waals surface area contributed by atoms with Gasteiger partial charge in [-0.2, -0.15) is 0 Å². The topological polar surface area (TPSA) is 7.76 Å². The molecule has 2 atom stereocenters.